The number of hydrogen-bond donors (Lipinski definition) is 0. The third-order valence-electron chi connectivity index (χ3n) is 2.77. The maximum absolute atomic E-state index is 2.54. The molecule has 0 N–H and O–H groups in total. The molecule has 0 aliphatic heterocycles. The molecule has 0 aromatic rings. The van der Waals surface area contributed by atoms with Crippen LogP contribution in [0.5, 0.6) is 0 Å². The normalized spacial score (nSPS) is 21.0. The van der Waals surface area contributed by atoms with Crippen molar-refractivity contribution in [2.75, 3.05) is 13.6 Å². The highest BCUT2D eigenvalue weighted by Crippen LogP contribution is 2.21. The van der Waals surface area contributed by atoms with E-state index in [1.54, 1.807) is 0 Å². The molecule has 0 radical (unpaired) electrons. The van der Waals surface area contributed by atoms with Gasteiger partial charge in [-0.2, -0.15) is 0 Å². The van der Waals surface area contributed by atoms with Gasteiger partial charge in [0, 0.05) is 6.04 Å². The number of nitrogens with zero attached hydrogens (tertiary/aromatic N) is 1. The standard InChI is InChI=1S/C10H21N/c1-3-9-11(2)10-7-5-4-6-8-10/h10H,3-9H2,1-2H3. The van der Waals surface area contributed by atoms with E-state index in [9.17, 15) is 0 Å². The van der Waals surface area contributed by atoms with Gasteiger partial charge in [0.05, 0.1) is 0 Å². The smallest absolute Gasteiger partial charge is 0.00922 e. The van der Waals surface area contributed by atoms with Crippen molar-refractivity contribution in [2.45, 2.75) is 51.5 Å². The minimum atomic E-state index is 0.906. The first-order valence-corrected chi connectivity index (χ1v) is 5.05. The zero-order chi connectivity index (χ0) is 8.10. The van der Waals surface area contributed by atoms with Crippen LogP contribution >= 0.6 is 0 Å². The van der Waals surface area contributed by atoms with E-state index < -0.39 is 0 Å². The Balaban J connectivity index is 2.21. The Morgan fingerprint density at radius 3 is 2.36 bits per heavy atom. The lowest BCUT2D eigenvalue weighted by atomic mass is 9.94. The maximum Gasteiger partial charge on any atom is 0.00922 e. The van der Waals surface area contributed by atoms with E-state index in [1.807, 2.05) is 0 Å². The van der Waals surface area contributed by atoms with E-state index in [0.717, 1.165) is 6.04 Å². The van der Waals surface area contributed by atoms with Crippen LogP contribution in [0.2, 0.25) is 0 Å². The molecule has 66 valence electrons. The number of rotatable bonds is 3. The highest BCUT2D eigenvalue weighted by molar-refractivity contribution is 4.72. The average molecular weight is 155 g/mol. The first-order valence-electron chi connectivity index (χ1n) is 5.05. The fraction of sp³-hybridized carbons (Fsp3) is 1.00. The van der Waals surface area contributed by atoms with Gasteiger partial charge >= 0.3 is 0 Å². The van der Waals surface area contributed by atoms with Crippen LogP contribution in [0.15, 0.2) is 0 Å². The van der Waals surface area contributed by atoms with Crippen LogP contribution in [0.3, 0.4) is 0 Å². The van der Waals surface area contributed by atoms with Crippen LogP contribution < -0.4 is 0 Å². The maximum atomic E-state index is 2.54. The summed E-state index contributed by atoms with van der Waals surface area (Å²) in [6, 6.07) is 0.906. The van der Waals surface area contributed by atoms with Crippen LogP contribution in [0.4, 0.5) is 0 Å². The monoisotopic (exact) mass is 155 g/mol. The molecule has 11 heavy (non-hydrogen) atoms. The second kappa shape index (κ2) is 4.76. The van der Waals surface area contributed by atoms with Gasteiger partial charge in [-0.3, -0.25) is 0 Å². The van der Waals surface area contributed by atoms with Gasteiger partial charge in [-0.1, -0.05) is 26.2 Å². The first kappa shape index (κ1) is 9.05. The van der Waals surface area contributed by atoms with Crippen molar-refractivity contribution in [3.05, 3.63) is 0 Å². The van der Waals surface area contributed by atoms with Gasteiger partial charge in [0.2, 0.25) is 0 Å². The largest absolute Gasteiger partial charge is 0.303 e. The van der Waals surface area contributed by atoms with E-state index in [-0.39, 0.29) is 0 Å². The second-order valence-electron chi connectivity index (χ2n) is 3.77. The summed E-state index contributed by atoms with van der Waals surface area (Å²) in [7, 11) is 2.28. The van der Waals surface area contributed by atoms with Gasteiger partial charge in [-0.05, 0) is 32.9 Å². The zero-order valence-corrected chi connectivity index (χ0v) is 7.97. The van der Waals surface area contributed by atoms with Gasteiger partial charge in [0.1, 0.15) is 0 Å². The molecular formula is C10H21N. The quantitative estimate of drug-likeness (QED) is 0.605. The van der Waals surface area contributed by atoms with Gasteiger partial charge < -0.3 is 4.90 Å². The summed E-state index contributed by atoms with van der Waals surface area (Å²) in [5.74, 6) is 0. The Labute approximate surface area is 70.8 Å². The minimum absolute atomic E-state index is 0.906. The van der Waals surface area contributed by atoms with E-state index in [0.29, 0.717) is 0 Å². The summed E-state index contributed by atoms with van der Waals surface area (Å²) >= 11 is 0. The molecule has 1 fully saturated rings. The van der Waals surface area contributed by atoms with E-state index in [1.165, 1.54) is 45.1 Å². The van der Waals surface area contributed by atoms with Crippen molar-refractivity contribution < 1.29 is 0 Å². The predicted molar refractivity (Wildman–Crippen MR) is 49.8 cm³/mol. The van der Waals surface area contributed by atoms with Gasteiger partial charge in [0.25, 0.3) is 0 Å². The van der Waals surface area contributed by atoms with Crippen molar-refractivity contribution in [2.24, 2.45) is 0 Å². The highest BCUT2D eigenvalue weighted by Gasteiger charge is 2.16. The molecule has 0 bridgehead atoms. The fourth-order valence-electron chi connectivity index (χ4n) is 2.06. The van der Waals surface area contributed by atoms with Crippen molar-refractivity contribution >= 4 is 0 Å². The Hall–Kier alpha value is -0.0400. The van der Waals surface area contributed by atoms with Crippen LogP contribution in [0, 0.1) is 0 Å². The molecule has 0 spiro atoms. The van der Waals surface area contributed by atoms with Crippen LogP contribution in [-0.2, 0) is 0 Å². The summed E-state index contributed by atoms with van der Waals surface area (Å²) in [6.07, 6.45) is 8.56. The molecule has 0 aromatic heterocycles. The predicted octanol–water partition coefficient (Wildman–Crippen LogP) is 2.66. The molecule has 0 heterocycles. The molecule has 1 rings (SSSR count). The molecule has 1 heteroatoms. The summed E-state index contributed by atoms with van der Waals surface area (Å²) in [4.78, 5) is 2.54. The zero-order valence-electron chi connectivity index (χ0n) is 7.97. The molecule has 1 aliphatic carbocycles. The molecule has 1 nitrogen and oxygen atoms in total. The van der Waals surface area contributed by atoms with Crippen molar-refractivity contribution in [3.8, 4) is 0 Å². The lowest BCUT2D eigenvalue weighted by Gasteiger charge is -2.30. The number of hydrogen-bond acceptors (Lipinski definition) is 1. The third kappa shape index (κ3) is 2.82. The van der Waals surface area contributed by atoms with Gasteiger partial charge in [-0.15, -0.1) is 0 Å². The van der Waals surface area contributed by atoms with Gasteiger partial charge in [-0.25, -0.2) is 0 Å². The second-order valence-corrected chi connectivity index (χ2v) is 3.77. The van der Waals surface area contributed by atoms with E-state index >= 15 is 0 Å². The summed E-state index contributed by atoms with van der Waals surface area (Å²) in [5, 5.41) is 0. The molecule has 0 amide bonds. The minimum Gasteiger partial charge on any atom is -0.303 e. The molecule has 0 saturated heterocycles. The van der Waals surface area contributed by atoms with E-state index in [4.69, 9.17) is 0 Å². The van der Waals surface area contributed by atoms with Crippen molar-refractivity contribution in [1.29, 1.82) is 0 Å². The summed E-state index contributed by atoms with van der Waals surface area (Å²) < 4.78 is 0. The average Bonchev–Trinajstić information content (AvgIpc) is 2.07. The lowest BCUT2D eigenvalue weighted by Crippen LogP contribution is -2.33. The van der Waals surface area contributed by atoms with Crippen LogP contribution in [0.25, 0.3) is 0 Å². The first-order chi connectivity index (χ1) is 5.34. The lowest BCUT2D eigenvalue weighted by molar-refractivity contribution is 0.192. The topological polar surface area (TPSA) is 3.24 Å². The Kier molecular flexibility index (Phi) is 3.92. The molecule has 1 aliphatic rings. The Morgan fingerprint density at radius 2 is 1.82 bits per heavy atom. The van der Waals surface area contributed by atoms with Crippen molar-refractivity contribution in [3.63, 3.8) is 0 Å². The Morgan fingerprint density at radius 1 is 1.18 bits per heavy atom. The van der Waals surface area contributed by atoms with Crippen molar-refractivity contribution in [1.82, 2.24) is 4.90 Å². The molecule has 0 unspecified atom stereocenters. The molecular weight excluding hydrogens is 134 g/mol. The fourth-order valence-corrected chi connectivity index (χ4v) is 2.06. The molecule has 0 aromatic carbocycles. The summed E-state index contributed by atoms with van der Waals surface area (Å²) in [5.41, 5.74) is 0. The van der Waals surface area contributed by atoms with Crippen LogP contribution in [0.1, 0.15) is 45.4 Å². The Bertz CT molecular complexity index is 95.0. The summed E-state index contributed by atoms with van der Waals surface area (Å²) in [6.45, 7) is 3.55. The highest BCUT2D eigenvalue weighted by atomic mass is 15.1. The SMILES string of the molecule is CCCN(C)C1CCCCC1. The van der Waals surface area contributed by atoms with E-state index in [2.05, 4.69) is 18.9 Å². The molecule has 1 saturated carbocycles. The third-order valence-corrected chi connectivity index (χ3v) is 2.77. The molecule has 0 atom stereocenters. The van der Waals surface area contributed by atoms with Gasteiger partial charge in [0.15, 0.2) is 0 Å². The van der Waals surface area contributed by atoms with Crippen LogP contribution in [-0.4, -0.2) is 24.5 Å².